The van der Waals surface area contributed by atoms with Crippen LogP contribution in [0.5, 0.6) is 0 Å². The largest absolute Gasteiger partial charge is 0.352 e. The summed E-state index contributed by atoms with van der Waals surface area (Å²) in [6, 6.07) is 26.2. The van der Waals surface area contributed by atoms with Crippen molar-refractivity contribution in [2.45, 2.75) is 38.0 Å². The van der Waals surface area contributed by atoms with Crippen molar-refractivity contribution in [1.29, 1.82) is 0 Å². The number of rotatable bonds is 9. The molecule has 0 radical (unpaired) electrons. The van der Waals surface area contributed by atoms with Gasteiger partial charge in [-0.15, -0.1) is 0 Å². The lowest BCUT2D eigenvalue weighted by Gasteiger charge is -2.10. The number of benzene rings is 3. The smallest absolute Gasteiger partial charge is 0.312 e. The van der Waals surface area contributed by atoms with Crippen LogP contribution < -0.4 is 10.2 Å². The van der Waals surface area contributed by atoms with Gasteiger partial charge in [-0.25, -0.2) is 0 Å². The van der Waals surface area contributed by atoms with Gasteiger partial charge in [-0.3, -0.25) is 14.2 Å². The Balaban J connectivity index is 1.25. The Kier molecular flexibility index (Phi) is 6.72. The highest BCUT2D eigenvalue weighted by atomic mass is 32.1. The predicted molar refractivity (Wildman–Crippen MR) is 139 cm³/mol. The van der Waals surface area contributed by atoms with Crippen molar-refractivity contribution in [3.05, 3.63) is 111 Å². The van der Waals surface area contributed by atoms with Crippen molar-refractivity contribution < 1.29 is 4.79 Å². The van der Waals surface area contributed by atoms with Gasteiger partial charge in [-0.2, -0.15) is 0 Å². The standard InChI is InChI=1S/C29H28N2O2S/c32-28(30-18-5-4-9-21-7-2-1-3-8-21)25-11-6-10-24(19-25)27-20-34-29(33)31(27)26-16-14-23(15-17-26)22-12-13-22/h1-3,6-8,10-11,14-17,19-20,22H,4-5,9,12-13,18H2,(H,30,32). The van der Waals surface area contributed by atoms with Crippen LogP contribution in [0.2, 0.25) is 0 Å². The molecule has 0 aliphatic heterocycles. The van der Waals surface area contributed by atoms with E-state index in [1.165, 1.54) is 35.3 Å². The van der Waals surface area contributed by atoms with Gasteiger partial charge in [-0.05, 0) is 73.4 Å². The van der Waals surface area contributed by atoms with Crippen LogP contribution in [0.4, 0.5) is 0 Å². The Morgan fingerprint density at radius 2 is 1.74 bits per heavy atom. The van der Waals surface area contributed by atoms with Crippen LogP contribution >= 0.6 is 11.3 Å². The van der Waals surface area contributed by atoms with E-state index in [2.05, 4.69) is 41.7 Å². The minimum absolute atomic E-state index is 0.0255. The molecule has 5 rings (SSSR count). The molecule has 4 nitrogen and oxygen atoms in total. The third kappa shape index (κ3) is 5.20. The quantitative estimate of drug-likeness (QED) is 0.298. The van der Waals surface area contributed by atoms with Crippen molar-refractivity contribution in [2.24, 2.45) is 0 Å². The molecule has 1 aliphatic rings. The Labute approximate surface area is 203 Å². The van der Waals surface area contributed by atoms with E-state index in [1.807, 2.05) is 47.8 Å². The first-order chi connectivity index (χ1) is 16.7. The summed E-state index contributed by atoms with van der Waals surface area (Å²) in [6.45, 7) is 0.645. The lowest BCUT2D eigenvalue weighted by atomic mass is 10.1. The summed E-state index contributed by atoms with van der Waals surface area (Å²) in [4.78, 5) is 25.4. The van der Waals surface area contributed by atoms with Gasteiger partial charge in [-0.1, -0.05) is 65.9 Å². The molecule has 1 N–H and O–H groups in total. The summed E-state index contributed by atoms with van der Waals surface area (Å²) in [5.41, 5.74) is 5.81. The van der Waals surface area contributed by atoms with Gasteiger partial charge in [0.05, 0.1) is 11.4 Å². The molecule has 1 aliphatic carbocycles. The SMILES string of the molecule is O=C(NCCCCc1ccccc1)c1cccc(-c2csc(=O)n2-c2ccc(C3CC3)cc2)c1. The van der Waals surface area contributed by atoms with Crippen LogP contribution in [0.3, 0.4) is 0 Å². The number of carbonyl (C=O) groups is 1. The van der Waals surface area contributed by atoms with E-state index in [1.54, 1.807) is 4.57 Å². The maximum Gasteiger partial charge on any atom is 0.312 e. The predicted octanol–water partition coefficient (Wildman–Crippen LogP) is 6.20. The Morgan fingerprint density at radius 1 is 0.941 bits per heavy atom. The minimum Gasteiger partial charge on any atom is -0.352 e. The molecule has 172 valence electrons. The molecule has 1 aromatic heterocycles. The molecule has 1 heterocycles. The molecule has 0 bridgehead atoms. The first kappa shape index (κ1) is 22.4. The first-order valence-corrected chi connectivity index (χ1v) is 12.8. The molecule has 1 amide bonds. The molecule has 0 spiro atoms. The number of carbonyl (C=O) groups excluding carboxylic acids is 1. The van der Waals surface area contributed by atoms with E-state index < -0.39 is 0 Å². The van der Waals surface area contributed by atoms with E-state index in [9.17, 15) is 9.59 Å². The van der Waals surface area contributed by atoms with Gasteiger partial charge in [0.15, 0.2) is 0 Å². The van der Waals surface area contributed by atoms with Crippen LogP contribution in [-0.2, 0) is 6.42 Å². The Morgan fingerprint density at radius 3 is 2.50 bits per heavy atom. The molecule has 0 saturated heterocycles. The summed E-state index contributed by atoms with van der Waals surface area (Å²) in [5, 5.41) is 4.91. The highest BCUT2D eigenvalue weighted by molar-refractivity contribution is 7.07. The van der Waals surface area contributed by atoms with Crippen LogP contribution in [-0.4, -0.2) is 17.0 Å². The second-order valence-corrected chi connectivity index (χ2v) is 9.69. The highest BCUT2D eigenvalue weighted by Crippen LogP contribution is 2.40. The minimum atomic E-state index is -0.0838. The molecule has 3 aromatic carbocycles. The van der Waals surface area contributed by atoms with Crippen molar-refractivity contribution in [3.63, 3.8) is 0 Å². The Bertz CT molecular complexity index is 1320. The molecule has 1 saturated carbocycles. The summed E-state index contributed by atoms with van der Waals surface area (Å²) < 4.78 is 1.74. The third-order valence-electron chi connectivity index (χ3n) is 6.34. The lowest BCUT2D eigenvalue weighted by molar-refractivity contribution is 0.0953. The first-order valence-electron chi connectivity index (χ1n) is 11.9. The zero-order valence-corrected chi connectivity index (χ0v) is 19.9. The number of nitrogens with one attached hydrogen (secondary N) is 1. The average molecular weight is 469 g/mol. The van der Waals surface area contributed by atoms with Crippen LogP contribution in [0, 0.1) is 0 Å². The number of amides is 1. The summed E-state index contributed by atoms with van der Waals surface area (Å²) in [7, 11) is 0. The van der Waals surface area contributed by atoms with E-state index in [0.717, 1.165) is 36.2 Å². The second kappa shape index (κ2) is 10.2. The second-order valence-electron chi connectivity index (χ2n) is 8.87. The molecule has 1 fully saturated rings. The molecule has 0 atom stereocenters. The maximum atomic E-state index is 12.8. The fraction of sp³-hybridized carbons (Fsp3) is 0.241. The number of unbranched alkanes of at least 4 members (excludes halogenated alkanes) is 1. The van der Waals surface area contributed by atoms with Crippen molar-refractivity contribution in [3.8, 4) is 16.9 Å². The molecule has 0 unspecified atom stereocenters. The van der Waals surface area contributed by atoms with Crippen molar-refractivity contribution >= 4 is 17.2 Å². The number of thiazole rings is 1. The van der Waals surface area contributed by atoms with E-state index in [0.29, 0.717) is 18.0 Å². The van der Waals surface area contributed by atoms with Gasteiger partial charge >= 0.3 is 4.87 Å². The third-order valence-corrected chi connectivity index (χ3v) is 7.06. The molecular weight excluding hydrogens is 440 g/mol. The number of hydrogen-bond donors (Lipinski definition) is 1. The van der Waals surface area contributed by atoms with Crippen LogP contribution in [0.1, 0.15) is 53.1 Å². The van der Waals surface area contributed by atoms with Gasteiger partial charge in [0.25, 0.3) is 5.91 Å². The lowest BCUT2D eigenvalue weighted by Crippen LogP contribution is -2.24. The fourth-order valence-electron chi connectivity index (χ4n) is 4.29. The van der Waals surface area contributed by atoms with Gasteiger partial charge in [0.1, 0.15) is 0 Å². The Hall–Kier alpha value is -3.44. The molecular formula is C29H28N2O2S. The zero-order valence-electron chi connectivity index (χ0n) is 19.1. The molecule has 4 aromatic rings. The van der Waals surface area contributed by atoms with Gasteiger partial charge in [0.2, 0.25) is 0 Å². The fourth-order valence-corrected chi connectivity index (χ4v) is 5.05. The zero-order chi connectivity index (χ0) is 23.3. The number of aryl methyl sites for hydroxylation is 1. The summed E-state index contributed by atoms with van der Waals surface area (Å²) in [5.74, 6) is 0.598. The van der Waals surface area contributed by atoms with Gasteiger partial charge in [0, 0.05) is 23.1 Å². The van der Waals surface area contributed by atoms with E-state index in [4.69, 9.17) is 0 Å². The van der Waals surface area contributed by atoms with Crippen LogP contribution in [0.25, 0.3) is 16.9 Å². The topological polar surface area (TPSA) is 51.1 Å². The molecule has 34 heavy (non-hydrogen) atoms. The number of aromatic nitrogens is 1. The molecule has 5 heteroatoms. The maximum absolute atomic E-state index is 12.8. The monoisotopic (exact) mass is 468 g/mol. The van der Waals surface area contributed by atoms with E-state index >= 15 is 0 Å². The van der Waals surface area contributed by atoms with Crippen molar-refractivity contribution in [1.82, 2.24) is 9.88 Å². The van der Waals surface area contributed by atoms with E-state index in [-0.39, 0.29) is 10.8 Å². The average Bonchev–Trinajstić information content (AvgIpc) is 3.66. The number of hydrogen-bond acceptors (Lipinski definition) is 3. The highest BCUT2D eigenvalue weighted by Gasteiger charge is 2.23. The number of nitrogens with zero attached hydrogens (tertiary/aromatic N) is 1. The van der Waals surface area contributed by atoms with Crippen molar-refractivity contribution in [2.75, 3.05) is 6.54 Å². The van der Waals surface area contributed by atoms with Crippen LogP contribution in [0.15, 0.2) is 89.0 Å². The summed E-state index contributed by atoms with van der Waals surface area (Å²) in [6.07, 6.45) is 5.49. The summed E-state index contributed by atoms with van der Waals surface area (Å²) >= 11 is 1.18. The van der Waals surface area contributed by atoms with Gasteiger partial charge < -0.3 is 5.32 Å². The normalized spacial score (nSPS) is 13.1.